The predicted molar refractivity (Wildman–Crippen MR) is 80.6 cm³/mol. The Labute approximate surface area is 122 Å². The Kier molecular flexibility index (Phi) is 5.62. The Morgan fingerprint density at radius 2 is 2.05 bits per heavy atom. The fraction of sp³-hybridized carbons (Fsp3) is 0.750. The number of carbonyl (C=O) groups is 1. The standard InChI is InChI=1S/C16H27N3O/c1-3-5-10-19-13-9-17-16(19)14-7-11-18(12-8-14)15(20)6-4-2/h9,13-14H,3-8,10-12H2,1-2H3. The van der Waals surface area contributed by atoms with Crippen molar-refractivity contribution in [1.82, 2.24) is 14.5 Å². The maximum absolute atomic E-state index is 11.9. The van der Waals surface area contributed by atoms with E-state index in [0.717, 1.165) is 38.9 Å². The van der Waals surface area contributed by atoms with Gasteiger partial charge in [0.15, 0.2) is 0 Å². The van der Waals surface area contributed by atoms with Gasteiger partial charge in [0.1, 0.15) is 5.82 Å². The minimum absolute atomic E-state index is 0.320. The zero-order valence-corrected chi connectivity index (χ0v) is 12.8. The highest BCUT2D eigenvalue weighted by Gasteiger charge is 2.25. The van der Waals surface area contributed by atoms with Gasteiger partial charge in [0, 0.05) is 44.4 Å². The lowest BCUT2D eigenvalue weighted by Gasteiger charge is -2.32. The summed E-state index contributed by atoms with van der Waals surface area (Å²) >= 11 is 0. The topological polar surface area (TPSA) is 38.1 Å². The van der Waals surface area contributed by atoms with Crippen LogP contribution in [0.2, 0.25) is 0 Å². The lowest BCUT2D eigenvalue weighted by atomic mass is 9.95. The number of nitrogens with zero attached hydrogens (tertiary/aromatic N) is 3. The van der Waals surface area contributed by atoms with Gasteiger partial charge in [-0.3, -0.25) is 4.79 Å². The molecule has 0 radical (unpaired) electrons. The van der Waals surface area contributed by atoms with Crippen LogP contribution in [0.3, 0.4) is 0 Å². The van der Waals surface area contributed by atoms with E-state index in [0.29, 0.717) is 18.2 Å². The van der Waals surface area contributed by atoms with Crippen molar-refractivity contribution < 1.29 is 4.79 Å². The molecular weight excluding hydrogens is 250 g/mol. The molecule has 0 bridgehead atoms. The third kappa shape index (κ3) is 3.62. The third-order valence-corrected chi connectivity index (χ3v) is 4.18. The Hall–Kier alpha value is -1.32. The van der Waals surface area contributed by atoms with Gasteiger partial charge < -0.3 is 9.47 Å². The third-order valence-electron chi connectivity index (χ3n) is 4.18. The molecule has 0 aliphatic carbocycles. The van der Waals surface area contributed by atoms with E-state index in [4.69, 9.17) is 0 Å². The number of hydrogen-bond donors (Lipinski definition) is 0. The van der Waals surface area contributed by atoms with Gasteiger partial charge in [-0.2, -0.15) is 0 Å². The lowest BCUT2D eigenvalue weighted by molar-refractivity contribution is -0.132. The molecule has 0 spiro atoms. The molecule has 1 aliphatic rings. The number of hydrogen-bond acceptors (Lipinski definition) is 2. The van der Waals surface area contributed by atoms with E-state index in [-0.39, 0.29) is 0 Å². The molecule has 112 valence electrons. The molecule has 1 fully saturated rings. The fourth-order valence-corrected chi connectivity index (χ4v) is 2.96. The van der Waals surface area contributed by atoms with Gasteiger partial charge in [-0.15, -0.1) is 0 Å². The minimum atomic E-state index is 0.320. The smallest absolute Gasteiger partial charge is 0.222 e. The van der Waals surface area contributed by atoms with Gasteiger partial charge in [-0.25, -0.2) is 4.98 Å². The van der Waals surface area contributed by atoms with Crippen molar-refractivity contribution in [1.29, 1.82) is 0 Å². The summed E-state index contributed by atoms with van der Waals surface area (Å²) in [6, 6.07) is 0. The summed E-state index contributed by atoms with van der Waals surface area (Å²) < 4.78 is 2.30. The highest BCUT2D eigenvalue weighted by atomic mass is 16.2. The first-order valence-electron chi connectivity index (χ1n) is 8.05. The molecule has 20 heavy (non-hydrogen) atoms. The van der Waals surface area contributed by atoms with Crippen LogP contribution in [0.25, 0.3) is 0 Å². The van der Waals surface area contributed by atoms with Crippen molar-refractivity contribution >= 4 is 5.91 Å². The van der Waals surface area contributed by atoms with Gasteiger partial charge in [0.25, 0.3) is 0 Å². The number of aromatic nitrogens is 2. The van der Waals surface area contributed by atoms with Gasteiger partial charge in [-0.05, 0) is 25.7 Å². The number of rotatable bonds is 6. The van der Waals surface area contributed by atoms with Crippen molar-refractivity contribution in [2.45, 2.75) is 64.8 Å². The van der Waals surface area contributed by atoms with Crippen LogP contribution < -0.4 is 0 Å². The molecule has 4 nitrogen and oxygen atoms in total. The minimum Gasteiger partial charge on any atom is -0.343 e. The number of piperidine rings is 1. The summed E-state index contributed by atoms with van der Waals surface area (Å²) in [7, 11) is 0. The van der Waals surface area contributed by atoms with Crippen LogP contribution in [0.4, 0.5) is 0 Å². The van der Waals surface area contributed by atoms with E-state index in [1.165, 1.54) is 18.7 Å². The van der Waals surface area contributed by atoms with Gasteiger partial charge >= 0.3 is 0 Å². The molecule has 0 saturated carbocycles. The second kappa shape index (κ2) is 7.46. The summed E-state index contributed by atoms with van der Waals surface area (Å²) in [4.78, 5) is 18.5. The molecule has 4 heteroatoms. The van der Waals surface area contributed by atoms with Crippen molar-refractivity contribution in [3.63, 3.8) is 0 Å². The van der Waals surface area contributed by atoms with E-state index in [1.54, 1.807) is 0 Å². The molecule has 2 heterocycles. The first-order valence-corrected chi connectivity index (χ1v) is 8.05. The monoisotopic (exact) mass is 277 g/mol. The average molecular weight is 277 g/mol. The molecule has 2 rings (SSSR count). The van der Waals surface area contributed by atoms with E-state index < -0.39 is 0 Å². The molecule has 0 unspecified atom stereocenters. The molecule has 1 aromatic heterocycles. The lowest BCUT2D eigenvalue weighted by Crippen LogP contribution is -2.38. The maximum Gasteiger partial charge on any atom is 0.222 e. The zero-order chi connectivity index (χ0) is 14.4. The van der Waals surface area contributed by atoms with Crippen LogP contribution >= 0.6 is 0 Å². The fourth-order valence-electron chi connectivity index (χ4n) is 2.96. The van der Waals surface area contributed by atoms with E-state index in [1.807, 2.05) is 11.1 Å². The Morgan fingerprint density at radius 1 is 1.30 bits per heavy atom. The number of amides is 1. The number of aryl methyl sites for hydroxylation is 1. The quantitative estimate of drug-likeness (QED) is 0.801. The highest BCUT2D eigenvalue weighted by Crippen LogP contribution is 2.27. The van der Waals surface area contributed by atoms with Crippen molar-refractivity contribution in [3.05, 3.63) is 18.2 Å². The first kappa shape index (κ1) is 15.1. The normalized spacial score (nSPS) is 16.6. The molecule has 1 amide bonds. The second-order valence-corrected chi connectivity index (χ2v) is 5.74. The van der Waals surface area contributed by atoms with Crippen LogP contribution in [0.15, 0.2) is 12.4 Å². The molecule has 1 saturated heterocycles. The zero-order valence-electron chi connectivity index (χ0n) is 12.8. The van der Waals surface area contributed by atoms with Crippen LogP contribution in [0.5, 0.6) is 0 Å². The average Bonchev–Trinajstić information content (AvgIpc) is 2.94. The van der Waals surface area contributed by atoms with Crippen molar-refractivity contribution in [2.75, 3.05) is 13.1 Å². The van der Waals surface area contributed by atoms with Crippen LogP contribution in [-0.4, -0.2) is 33.4 Å². The highest BCUT2D eigenvalue weighted by molar-refractivity contribution is 5.76. The molecule has 0 atom stereocenters. The summed E-state index contributed by atoms with van der Waals surface area (Å²) in [5.41, 5.74) is 0. The molecular formula is C16H27N3O. The first-order chi connectivity index (χ1) is 9.76. The van der Waals surface area contributed by atoms with E-state index in [9.17, 15) is 4.79 Å². The summed E-state index contributed by atoms with van der Waals surface area (Å²) in [6.45, 7) is 7.14. The SMILES string of the molecule is CCCCn1ccnc1C1CCN(C(=O)CCC)CC1. The predicted octanol–water partition coefficient (Wildman–Crippen LogP) is 3.19. The number of carbonyl (C=O) groups excluding carboxylic acids is 1. The number of likely N-dealkylation sites (tertiary alicyclic amines) is 1. The Balaban J connectivity index is 1.90. The van der Waals surface area contributed by atoms with Crippen molar-refractivity contribution in [2.24, 2.45) is 0 Å². The molecule has 1 aliphatic heterocycles. The second-order valence-electron chi connectivity index (χ2n) is 5.74. The Bertz CT molecular complexity index is 419. The maximum atomic E-state index is 11.9. The van der Waals surface area contributed by atoms with Crippen LogP contribution in [-0.2, 0) is 11.3 Å². The van der Waals surface area contributed by atoms with Crippen LogP contribution in [0, 0.1) is 0 Å². The van der Waals surface area contributed by atoms with Crippen molar-refractivity contribution in [3.8, 4) is 0 Å². The molecule has 0 aromatic carbocycles. The van der Waals surface area contributed by atoms with E-state index in [2.05, 4.69) is 29.6 Å². The largest absolute Gasteiger partial charge is 0.343 e. The molecule has 1 aromatic rings. The van der Waals surface area contributed by atoms with Crippen LogP contribution in [0.1, 0.15) is 64.1 Å². The van der Waals surface area contributed by atoms with E-state index >= 15 is 0 Å². The summed E-state index contributed by atoms with van der Waals surface area (Å²) in [6.07, 6.45) is 10.2. The molecule has 0 N–H and O–H groups in total. The van der Waals surface area contributed by atoms with Gasteiger partial charge in [0.2, 0.25) is 5.91 Å². The van der Waals surface area contributed by atoms with Gasteiger partial charge in [-0.1, -0.05) is 20.3 Å². The Morgan fingerprint density at radius 3 is 2.70 bits per heavy atom. The number of unbranched alkanes of at least 4 members (excludes halogenated alkanes) is 1. The number of imidazole rings is 1. The van der Waals surface area contributed by atoms with Gasteiger partial charge in [0.05, 0.1) is 0 Å². The summed E-state index contributed by atoms with van der Waals surface area (Å²) in [5.74, 6) is 2.06. The summed E-state index contributed by atoms with van der Waals surface area (Å²) in [5, 5.41) is 0.